The third-order valence-electron chi connectivity index (χ3n) is 4.13. The number of carboxylic acids is 1. The summed E-state index contributed by atoms with van der Waals surface area (Å²) in [5.41, 5.74) is -0.543. The topological polar surface area (TPSA) is 69.6 Å². The molecule has 1 aliphatic carbocycles. The molecule has 0 bridgehead atoms. The Morgan fingerprint density at radius 1 is 1.20 bits per heavy atom. The molecular weight excluding hydrogens is 254 g/mol. The normalized spacial score (nSPS) is 28.4. The minimum absolute atomic E-state index is 0.0301. The quantitative estimate of drug-likeness (QED) is 0.726. The molecule has 0 aromatic rings. The molecule has 1 fully saturated rings. The molecule has 4 heteroatoms. The lowest BCUT2D eigenvalue weighted by Gasteiger charge is -2.40. The second-order valence-corrected chi connectivity index (χ2v) is 8.31. The zero-order valence-corrected chi connectivity index (χ0v) is 13.6. The summed E-state index contributed by atoms with van der Waals surface area (Å²) < 4.78 is 0. The molecule has 1 aliphatic rings. The van der Waals surface area contributed by atoms with E-state index in [0.29, 0.717) is 32.2 Å². The minimum atomic E-state index is -0.749. The molecule has 0 aromatic heterocycles. The van der Waals surface area contributed by atoms with E-state index in [9.17, 15) is 9.90 Å². The summed E-state index contributed by atoms with van der Waals surface area (Å²) in [6, 6.07) is 0. The van der Waals surface area contributed by atoms with Gasteiger partial charge in [0.05, 0.1) is 11.5 Å². The first-order valence-electron chi connectivity index (χ1n) is 7.63. The molecule has 0 atom stereocenters. The van der Waals surface area contributed by atoms with Crippen molar-refractivity contribution < 1.29 is 15.0 Å². The lowest BCUT2D eigenvalue weighted by molar-refractivity contribution is -0.144. The first kappa shape index (κ1) is 17.4. The maximum absolute atomic E-state index is 10.9. The van der Waals surface area contributed by atoms with Crippen LogP contribution in [0.1, 0.15) is 66.7 Å². The van der Waals surface area contributed by atoms with Gasteiger partial charge in [-0.3, -0.25) is 4.79 Å². The van der Waals surface area contributed by atoms with Crippen molar-refractivity contribution in [3.63, 3.8) is 0 Å². The van der Waals surface area contributed by atoms with Gasteiger partial charge in [-0.15, -0.1) is 0 Å². The van der Waals surface area contributed by atoms with Gasteiger partial charge in [0.2, 0.25) is 0 Å². The largest absolute Gasteiger partial charge is 0.481 e. The number of aliphatic carboxylic acids is 1. The summed E-state index contributed by atoms with van der Waals surface area (Å²) in [6.07, 6.45) is 3.32. The Morgan fingerprint density at radius 2 is 1.70 bits per heavy atom. The summed E-state index contributed by atoms with van der Waals surface area (Å²) >= 11 is 0. The molecule has 0 spiro atoms. The molecule has 0 unspecified atom stereocenters. The Labute approximate surface area is 123 Å². The van der Waals surface area contributed by atoms with E-state index in [0.717, 1.165) is 6.42 Å². The van der Waals surface area contributed by atoms with Gasteiger partial charge in [0.15, 0.2) is 0 Å². The van der Waals surface area contributed by atoms with E-state index < -0.39 is 11.6 Å². The predicted octanol–water partition coefficient (Wildman–Crippen LogP) is 2.80. The van der Waals surface area contributed by atoms with E-state index in [1.807, 2.05) is 0 Å². The fourth-order valence-electron chi connectivity index (χ4n) is 3.37. The number of rotatable bonds is 5. The fraction of sp³-hybridized carbons (Fsp3) is 0.938. The molecule has 0 aromatic carbocycles. The van der Waals surface area contributed by atoms with Gasteiger partial charge >= 0.3 is 5.97 Å². The Kier molecular flexibility index (Phi) is 5.25. The standard InChI is InChI=1S/C16H31NO3/c1-14(2,3)10-15(4,5)17-11-16(20)8-6-12(7-9-16)13(18)19/h12,17,20H,6-11H2,1-5H3,(H,18,19). The highest BCUT2D eigenvalue weighted by molar-refractivity contribution is 5.70. The van der Waals surface area contributed by atoms with Crippen LogP contribution in [-0.2, 0) is 4.79 Å². The van der Waals surface area contributed by atoms with Crippen LogP contribution in [0.5, 0.6) is 0 Å². The van der Waals surface area contributed by atoms with E-state index >= 15 is 0 Å². The fourth-order valence-corrected chi connectivity index (χ4v) is 3.37. The van der Waals surface area contributed by atoms with Gasteiger partial charge in [-0.05, 0) is 51.4 Å². The molecular formula is C16H31NO3. The molecule has 3 N–H and O–H groups in total. The predicted molar refractivity (Wildman–Crippen MR) is 80.7 cm³/mol. The van der Waals surface area contributed by atoms with Crippen LogP contribution in [0.3, 0.4) is 0 Å². The van der Waals surface area contributed by atoms with Crippen LogP contribution < -0.4 is 5.32 Å². The summed E-state index contributed by atoms with van der Waals surface area (Å²) in [5, 5.41) is 23.0. The van der Waals surface area contributed by atoms with E-state index in [1.165, 1.54) is 0 Å². The van der Waals surface area contributed by atoms with Gasteiger partial charge < -0.3 is 15.5 Å². The number of carboxylic acid groups (broad SMARTS) is 1. The zero-order valence-electron chi connectivity index (χ0n) is 13.6. The van der Waals surface area contributed by atoms with Gasteiger partial charge in [-0.2, -0.15) is 0 Å². The number of nitrogens with one attached hydrogen (secondary N) is 1. The van der Waals surface area contributed by atoms with Crippen LogP contribution in [0.4, 0.5) is 0 Å². The highest BCUT2D eigenvalue weighted by atomic mass is 16.4. The Balaban J connectivity index is 2.47. The smallest absolute Gasteiger partial charge is 0.306 e. The van der Waals surface area contributed by atoms with Crippen molar-refractivity contribution in [1.82, 2.24) is 5.32 Å². The lowest BCUT2D eigenvalue weighted by Crippen LogP contribution is -2.52. The van der Waals surface area contributed by atoms with Crippen LogP contribution >= 0.6 is 0 Å². The number of aliphatic hydroxyl groups is 1. The molecule has 0 radical (unpaired) electrons. The Morgan fingerprint density at radius 3 is 2.10 bits per heavy atom. The van der Waals surface area contributed by atoms with E-state index in [-0.39, 0.29) is 16.9 Å². The summed E-state index contributed by atoms with van der Waals surface area (Å²) in [7, 11) is 0. The van der Waals surface area contributed by atoms with Crippen LogP contribution in [0.25, 0.3) is 0 Å². The van der Waals surface area contributed by atoms with Gasteiger partial charge in [-0.1, -0.05) is 20.8 Å². The highest BCUT2D eigenvalue weighted by Gasteiger charge is 2.37. The van der Waals surface area contributed by atoms with Crippen LogP contribution in [0.15, 0.2) is 0 Å². The van der Waals surface area contributed by atoms with Crippen molar-refractivity contribution in [2.45, 2.75) is 77.9 Å². The van der Waals surface area contributed by atoms with Crippen molar-refractivity contribution >= 4 is 5.97 Å². The van der Waals surface area contributed by atoms with Gasteiger partial charge in [0.25, 0.3) is 0 Å². The molecule has 0 aliphatic heterocycles. The first-order chi connectivity index (χ1) is 8.93. The molecule has 20 heavy (non-hydrogen) atoms. The van der Waals surface area contributed by atoms with E-state index in [2.05, 4.69) is 39.9 Å². The highest BCUT2D eigenvalue weighted by Crippen LogP contribution is 2.33. The first-order valence-corrected chi connectivity index (χ1v) is 7.63. The van der Waals surface area contributed by atoms with Crippen molar-refractivity contribution in [1.29, 1.82) is 0 Å². The average molecular weight is 285 g/mol. The Bertz CT molecular complexity index is 336. The molecule has 0 amide bonds. The average Bonchev–Trinajstić information content (AvgIpc) is 2.24. The SMILES string of the molecule is CC(C)(C)CC(C)(C)NCC1(O)CCC(C(=O)O)CC1. The summed E-state index contributed by atoms with van der Waals surface area (Å²) in [4.78, 5) is 10.9. The van der Waals surface area contributed by atoms with Crippen molar-refractivity contribution in [2.75, 3.05) is 6.54 Å². The summed E-state index contributed by atoms with van der Waals surface area (Å²) in [6.45, 7) is 11.5. The minimum Gasteiger partial charge on any atom is -0.481 e. The second-order valence-electron chi connectivity index (χ2n) is 8.31. The maximum Gasteiger partial charge on any atom is 0.306 e. The zero-order chi connectivity index (χ0) is 15.6. The van der Waals surface area contributed by atoms with Crippen LogP contribution in [0, 0.1) is 11.3 Å². The van der Waals surface area contributed by atoms with Crippen molar-refractivity contribution in [3.05, 3.63) is 0 Å². The van der Waals surface area contributed by atoms with Gasteiger partial charge in [-0.25, -0.2) is 0 Å². The number of β-amino-alcohol motifs (C(OH)–C–C–N with tert-alkyl or cyclic N) is 1. The number of hydrogen-bond donors (Lipinski definition) is 3. The maximum atomic E-state index is 10.9. The van der Waals surface area contributed by atoms with Crippen molar-refractivity contribution in [2.24, 2.45) is 11.3 Å². The van der Waals surface area contributed by atoms with Gasteiger partial charge in [0.1, 0.15) is 0 Å². The van der Waals surface area contributed by atoms with Crippen LogP contribution in [-0.4, -0.2) is 33.9 Å². The lowest BCUT2D eigenvalue weighted by atomic mass is 9.77. The monoisotopic (exact) mass is 285 g/mol. The molecule has 0 saturated heterocycles. The molecule has 118 valence electrons. The third-order valence-corrected chi connectivity index (χ3v) is 4.13. The Hall–Kier alpha value is -0.610. The van der Waals surface area contributed by atoms with Crippen molar-refractivity contribution in [3.8, 4) is 0 Å². The molecule has 4 nitrogen and oxygen atoms in total. The molecule has 0 heterocycles. The third kappa shape index (κ3) is 5.80. The van der Waals surface area contributed by atoms with Crippen LogP contribution in [0.2, 0.25) is 0 Å². The molecule has 1 saturated carbocycles. The van der Waals surface area contributed by atoms with E-state index in [1.54, 1.807) is 0 Å². The number of carbonyl (C=O) groups is 1. The second kappa shape index (κ2) is 6.02. The number of hydrogen-bond acceptors (Lipinski definition) is 3. The summed E-state index contributed by atoms with van der Waals surface area (Å²) in [5.74, 6) is -1.01. The van der Waals surface area contributed by atoms with E-state index in [4.69, 9.17) is 5.11 Å². The molecule has 1 rings (SSSR count). The van der Waals surface area contributed by atoms with Gasteiger partial charge in [0, 0.05) is 12.1 Å².